The van der Waals surface area contributed by atoms with Crippen molar-refractivity contribution in [2.75, 3.05) is 13.2 Å². The van der Waals surface area contributed by atoms with Crippen LogP contribution in [0.2, 0.25) is 0 Å². The van der Waals surface area contributed by atoms with Gasteiger partial charge in [-0.3, -0.25) is 4.57 Å². The fraction of sp³-hybridized carbons (Fsp3) is 0.450. The Morgan fingerprint density at radius 1 is 1.15 bits per heavy atom. The summed E-state index contributed by atoms with van der Waals surface area (Å²) in [4.78, 5) is 17.3. The second-order valence-electron chi connectivity index (χ2n) is 6.50. The van der Waals surface area contributed by atoms with Crippen molar-refractivity contribution in [2.45, 2.75) is 41.5 Å². The van der Waals surface area contributed by atoms with Crippen LogP contribution in [0.3, 0.4) is 0 Å². The average Bonchev–Trinajstić information content (AvgIpc) is 2.61. The number of carbonyl (C=O) groups excluding carboxylic acids is 1. The Balaban J connectivity index is 3.38. The van der Waals surface area contributed by atoms with Gasteiger partial charge in [0.1, 0.15) is 0 Å². The Hall–Kier alpha value is -1.97. The first kappa shape index (κ1) is 23.1. The van der Waals surface area contributed by atoms with Gasteiger partial charge in [0.15, 0.2) is 5.45 Å². The van der Waals surface area contributed by atoms with Crippen LogP contribution in [0.15, 0.2) is 52.9 Å². The lowest BCUT2D eigenvalue weighted by Crippen LogP contribution is -2.25. The van der Waals surface area contributed by atoms with Crippen LogP contribution in [0.5, 0.6) is 0 Å². The van der Waals surface area contributed by atoms with E-state index in [1.54, 1.807) is 64.1 Å². The van der Waals surface area contributed by atoms with E-state index >= 15 is 0 Å². The number of allylic oxidation sites excluding steroid dienone is 1. The number of oxime groups is 1. The fourth-order valence-corrected chi connectivity index (χ4v) is 4.03. The van der Waals surface area contributed by atoms with Crippen LogP contribution >= 0.6 is 7.60 Å². The van der Waals surface area contributed by atoms with E-state index in [-0.39, 0.29) is 18.7 Å². The minimum atomic E-state index is -3.77. The molecular weight excluding hydrogens is 365 g/mol. The molecule has 0 saturated heterocycles. The van der Waals surface area contributed by atoms with Crippen LogP contribution in [0.25, 0.3) is 0 Å². The molecule has 0 aliphatic carbocycles. The Bertz CT molecular complexity index is 763. The topological polar surface area (TPSA) is 74.2 Å². The van der Waals surface area contributed by atoms with Gasteiger partial charge in [-0.2, -0.15) is 0 Å². The van der Waals surface area contributed by atoms with Crippen LogP contribution in [-0.2, 0) is 18.5 Å². The second kappa shape index (κ2) is 10.4. The molecule has 0 aliphatic rings. The van der Waals surface area contributed by atoms with Gasteiger partial charge in [0.2, 0.25) is 0 Å². The van der Waals surface area contributed by atoms with Gasteiger partial charge in [0, 0.05) is 5.41 Å². The van der Waals surface area contributed by atoms with Crippen molar-refractivity contribution in [3.63, 3.8) is 0 Å². The summed E-state index contributed by atoms with van der Waals surface area (Å²) < 4.78 is 24.2. The van der Waals surface area contributed by atoms with Crippen LogP contribution in [0.1, 0.15) is 51.9 Å². The maximum absolute atomic E-state index is 13.3. The molecule has 0 atom stereocenters. The summed E-state index contributed by atoms with van der Waals surface area (Å²) >= 11 is 0. The minimum absolute atomic E-state index is 0.0109. The lowest BCUT2D eigenvalue weighted by Gasteiger charge is -2.27. The van der Waals surface area contributed by atoms with E-state index in [0.29, 0.717) is 5.56 Å². The maximum Gasteiger partial charge on any atom is 0.379 e. The van der Waals surface area contributed by atoms with Crippen LogP contribution in [-0.4, -0.2) is 24.6 Å². The number of rotatable bonds is 9. The molecular formula is C20H28NO5P. The third-order valence-electron chi connectivity index (χ3n) is 3.38. The van der Waals surface area contributed by atoms with E-state index in [2.05, 4.69) is 10.9 Å². The normalized spacial score (nSPS) is 12.3. The molecule has 0 aromatic heterocycles. The van der Waals surface area contributed by atoms with Gasteiger partial charge in [-0.1, -0.05) is 23.4 Å². The molecule has 148 valence electrons. The quantitative estimate of drug-likeness (QED) is 0.180. The molecule has 0 spiro atoms. The fourth-order valence-electron chi connectivity index (χ4n) is 2.12. The van der Waals surface area contributed by atoms with Gasteiger partial charge in [-0.25, -0.2) is 4.79 Å². The third-order valence-corrected chi connectivity index (χ3v) is 5.75. The largest absolute Gasteiger partial charge is 0.379 e. The standard InChI is InChI=1S/C20H28NO5P/c1-7-24-27(23,25-8-2)19(20(5,6)15-14-16(3)4)21-26-18(22)17-12-10-9-11-13-17/h9-13,15H,7-8H2,1-6H3/b21-19-. The molecule has 0 aliphatic heterocycles. The molecule has 0 saturated carbocycles. The van der Waals surface area contributed by atoms with Gasteiger partial charge in [-0.15, -0.1) is 5.73 Å². The predicted molar refractivity (Wildman–Crippen MR) is 107 cm³/mol. The van der Waals surface area contributed by atoms with E-state index in [4.69, 9.17) is 13.9 Å². The van der Waals surface area contributed by atoms with Crippen molar-refractivity contribution in [1.29, 1.82) is 0 Å². The summed E-state index contributed by atoms with van der Waals surface area (Å²) in [5.41, 5.74) is 3.48. The van der Waals surface area contributed by atoms with Gasteiger partial charge in [-0.05, 0) is 65.3 Å². The molecule has 0 N–H and O–H groups in total. The summed E-state index contributed by atoms with van der Waals surface area (Å²) in [5.74, 6) is -0.658. The first-order chi connectivity index (χ1) is 12.7. The van der Waals surface area contributed by atoms with Crippen molar-refractivity contribution < 1.29 is 23.2 Å². The molecule has 27 heavy (non-hydrogen) atoms. The van der Waals surface area contributed by atoms with E-state index in [1.807, 2.05) is 13.8 Å². The summed E-state index contributed by atoms with van der Waals surface area (Å²) in [7, 11) is -3.77. The molecule has 0 fully saturated rings. The van der Waals surface area contributed by atoms with Crippen LogP contribution in [0, 0.1) is 5.41 Å². The Kier molecular flexibility index (Phi) is 8.87. The number of nitrogens with zero attached hydrogens (tertiary/aromatic N) is 1. The van der Waals surface area contributed by atoms with E-state index in [9.17, 15) is 9.36 Å². The zero-order valence-electron chi connectivity index (χ0n) is 16.8. The zero-order valence-corrected chi connectivity index (χ0v) is 17.7. The van der Waals surface area contributed by atoms with E-state index in [1.165, 1.54) is 0 Å². The predicted octanol–water partition coefficient (Wildman–Crippen LogP) is 5.57. The molecule has 0 amide bonds. The highest BCUT2D eigenvalue weighted by molar-refractivity contribution is 7.72. The van der Waals surface area contributed by atoms with Gasteiger partial charge < -0.3 is 13.9 Å². The van der Waals surface area contributed by atoms with Gasteiger partial charge >= 0.3 is 13.6 Å². The summed E-state index contributed by atoms with van der Waals surface area (Å²) in [5, 5.41) is 3.93. The monoisotopic (exact) mass is 393 g/mol. The average molecular weight is 393 g/mol. The Morgan fingerprint density at radius 2 is 1.70 bits per heavy atom. The molecule has 1 aromatic rings. The van der Waals surface area contributed by atoms with Gasteiger partial charge in [0.05, 0.1) is 18.8 Å². The molecule has 7 heteroatoms. The highest BCUT2D eigenvalue weighted by Crippen LogP contribution is 2.55. The van der Waals surface area contributed by atoms with Crippen molar-refractivity contribution in [2.24, 2.45) is 10.6 Å². The zero-order chi connectivity index (χ0) is 20.5. The number of hydrogen-bond donors (Lipinski definition) is 0. The van der Waals surface area contributed by atoms with E-state index in [0.717, 1.165) is 5.57 Å². The van der Waals surface area contributed by atoms with Crippen LogP contribution < -0.4 is 0 Å². The molecule has 0 unspecified atom stereocenters. The molecule has 6 nitrogen and oxygen atoms in total. The first-order valence-electron chi connectivity index (χ1n) is 8.82. The highest BCUT2D eigenvalue weighted by atomic mass is 31.2. The molecule has 0 heterocycles. The number of benzene rings is 1. The minimum Gasteiger partial charge on any atom is -0.312 e. The van der Waals surface area contributed by atoms with Crippen molar-refractivity contribution in [1.82, 2.24) is 0 Å². The van der Waals surface area contributed by atoms with E-state index < -0.39 is 19.0 Å². The lowest BCUT2D eigenvalue weighted by molar-refractivity contribution is 0.0514. The molecule has 1 aromatic carbocycles. The van der Waals surface area contributed by atoms with Crippen molar-refractivity contribution in [3.8, 4) is 0 Å². The third kappa shape index (κ3) is 6.93. The number of hydrogen-bond acceptors (Lipinski definition) is 6. The first-order valence-corrected chi connectivity index (χ1v) is 10.4. The van der Waals surface area contributed by atoms with Crippen LogP contribution in [0.4, 0.5) is 0 Å². The SMILES string of the molecule is CCOP(=O)(OCC)/C(=N\OC(=O)c1ccccc1)C(C)(C)C=C=C(C)C. The molecule has 0 radical (unpaired) electrons. The van der Waals surface area contributed by atoms with Crippen molar-refractivity contribution >= 4 is 19.0 Å². The van der Waals surface area contributed by atoms with Crippen molar-refractivity contribution in [3.05, 3.63) is 53.3 Å². The molecule has 1 rings (SSSR count). The summed E-state index contributed by atoms with van der Waals surface area (Å²) in [6.45, 7) is 11.1. The maximum atomic E-state index is 13.3. The Morgan fingerprint density at radius 3 is 2.19 bits per heavy atom. The summed E-state index contributed by atoms with van der Waals surface area (Å²) in [6, 6.07) is 8.44. The number of carbonyl (C=O) groups is 1. The Labute approximate surface area is 161 Å². The highest BCUT2D eigenvalue weighted by Gasteiger charge is 2.42. The van der Waals surface area contributed by atoms with Gasteiger partial charge in [0.25, 0.3) is 0 Å². The smallest absolute Gasteiger partial charge is 0.312 e. The summed E-state index contributed by atoms with van der Waals surface area (Å²) in [6.07, 6.45) is 1.71. The second-order valence-corrected chi connectivity index (χ2v) is 8.44. The lowest BCUT2D eigenvalue weighted by atomic mass is 9.95. The molecule has 0 bridgehead atoms.